The van der Waals surface area contributed by atoms with Crippen LogP contribution in [0.15, 0.2) is 42.5 Å². The number of benzene rings is 1. The molecule has 0 aliphatic rings. The van der Waals surface area contributed by atoms with Crippen molar-refractivity contribution in [3.8, 4) is 0 Å². The van der Waals surface area contributed by atoms with E-state index in [-0.39, 0.29) is 5.78 Å². The summed E-state index contributed by atoms with van der Waals surface area (Å²) in [7, 11) is 1.25. The Balaban J connectivity index is 2.98. The summed E-state index contributed by atoms with van der Waals surface area (Å²) in [5, 5.41) is 2.49. The predicted molar refractivity (Wildman–Crippen MR) is 64.5 cm³/mol. The van der Waals surface area contributed by atoms with Crippen molar-refractivity contribution in [1.82, 2.24) is 5.32 Å². The molecule has 0 saturated carbocycles. The van der Waals surface area contributed by atoms with Gasteiger partial charge < -0.3 is 10.1 Å². The van der Waals surface area contributed by atoms with Crippen LogP contribution in [0.3, 0.4) is 0 Å². The van der Waals surface area contributed by atoms with Crippen molar-refractivity contribution in [3.05, 3.63) is 48.0 Å². The third-order valence-electron chi connectivity index (χ3n) is 2.26. The van der Waals surface area contributed by atoms with Crippen LogP contribution in [-0.4, -0.2) is 19.0 Å². The molecule has 0 aliphatic heterocycles. The number of ketones is 1. The van der Waals surface area contributed by atoms with Gasteiger partial charge in [0.2, 0.25) is 0 Å². The van der Waals surface area contributed by atoms with E-state index in [1.165, 1.54) is 7.11 Å². The Morgan fingerprint density at radius 1 is 1.29 bits per heavy atom. The lowest BCUT2D eigenvalue weighted by molar-refractivity contribution is -0.117. The number of methoxy groups -OCH3 is 1. The Hall–Kier alpha value is -2.10. The standard InChI is InChI=1S/C13H15NO3/c1-9(2)12(15)11(14-13(16)17-3)10-7-5-4-6-8-10/h4-8,11H,1H2,2-3H3,(H,14,16)/t11-/m0/s1. The summed E-state index contributed by atoms with van der Waals surface area (Å²) >= 11 is 0. The van der Waals surface area contributed by atoms with Gasteiger partial charge in [-0.2, -0.15) is 0 Å². The number of amides is 1. The van der Waals surface area contributed by atoms with E-state index in [0.717, 1.165) is 0 Å². The molecule has 0 aromatic heterocycles. The van der Waals surface area contributed by atoms with Gasteiger partial charge in [-0.1, -0.05) is 36.9 Å². The number of carbonyl (C=O) groups is 2. The van der Waals surface area contributed by atoms with Crippen LogP contribution in [0.1, 0.15) is 18.5 Å². The first-order valence-corrected chi connectivity index (χ1v) is 5.15. The molecular weight excluding hydrogens is 218 g/mol. The van der Waals surface area contributed by atoms with Crippen LogP contribution < -0.4 is 5.32 Å². The summed E-state index contributed by atoms with van der Waals surface area (Å²) in [6.45, 7) is 5.20. The third kappa shape index (κ3) is 3.45. The first kappa shape index (κ1) is 13.0. The molecule has 0 heterocycles. The minimum Gasteiger partial charge on any atom is -0.453 e. The number of hydrogen-bond donors (Lipinski definition) is 1. The van der Waals surface area contributed by atoms with Gasteiger partial charge in [0.1, 0.15) is 6.04 Å². The molecule has 0 unspecified atom stereocenters. The number of ether oxygens (including phenoxy) is 1. The van der Waals surface area contributed by atoms with Crippen LogP contribution in [-0.2, 0) is 9.53 Å². The zero-order valence-corrected chi connectivity index (χ0v) is 9.90. The maximum atomic E-state index is 11.9. The Morgan fingerprint density at radius 3 is 2.35 bits per heavy atom. The van der Waals surface area contributed by atoms with Crippen molar-refractivity contribution in [3.63, 3.8) is 0 Å². The summed E-state index contributed by atoms with van der Waals surface area (Å²) in [6, 6.07) is 8.22. The van der Waals surface area contributed by atoms with Gasteiger partial charge in [0.05, 0.1) is 7.11 Å². The molecule has 1 aromatic rings. The van der Waals surface area contributed by atoms with Crippen LogP contribution in [0.5, 0.6) is 0 Å². The van der Waals surface area contributed by atoms with E-state index < -0.39 is 12.1 Å². The molecule has 1 amide bonds. The van der Waals surface area contributed by atoms with E-state index in [1.807, 2.05) is 6.07 Å². The van der Waals surface area contributed by atoms with Crippen molar-refractivity contribution in [2.24, 2.45) is 0 Å². The zero-order chi connectivity index (χ0) is 12.8. The molecule has 1 N–H and O–H groups in total. The highest BCUT2D eigenvalue weighted by molar-refractivity contribution is 6.00. The van der Waals surface area contributed by atoms with Gasteiger partial charge in [-0.25, -0.2) is 4.79 Å². The molecule has 17 heavy (non-hydrogen) atoms. The number of hydrogen-bond acceptors (Lipinski definition) is 3. The Morgan fingerprint density at radius 2 is 1.88 bits per heavy atom. The molecule has 0 spiro atoms. The highest BCUT2D eigenvalue weighted by Crippen LogP contribution is 2.16. The molecule has 4 heteroatoms. The molecule has 0 radical (unpaired) electrons. The Kier molecular flexibility index (Phi) is 4.46. The second-order valence-corrected chi connectivity index (χ2v) is 3.62. The summed E-state index contributed by atoms with van der Waals surface area (Å²) in [5.41, 5.74) is 1.08. The van der Waals surface area contributed by atoms with Crippen molar-refractivity contribution in [2.45, 2.75) is 13.0 Å². The van der Waals surface area contributed by atoms with Crippen molar-refractivity contribution in [1.29, 1.82) is 0 Å². The molecule has 1 atom stereocenters. The van der Waals surface area contributed by atoms with Crippen LogP contribution >= 0.6 is 0 Å². The highest BCUT2D eigenvalue weighted by atomic mass is 16.5. The van der Waals surface area contributed by atoms with E-state index in [4.69, 9.17) is 0 Å². The largest absolute Gasteiger partial charge is 0.453 e. The van der Waals surface area contributed by atoms with Gasteiger partial charge in [-0.15, -0.1) is 0 Å². The number of nitrogens with one attached hydrogen (secondary N) is 1. The quantitative estimate of drug-likeness (QED) is 0.811. The lowest BCUT2D eigenvalue weighted by atomic mass is 9.99. The van der Waals surface area contributed by atoms with Gasteiger partial charge in [-0.05, 0) is 18.1 Å². The molecule has 4 nitrogen and oxygen atoms in total. The molecule has 90 valence electrons. The summed E-state index contributed by atoms with van der Waals surface area (Å²) in [5.74, 6) is -0.235. The van der Waals surface area contributed by atoms with E-state index in [1.54, 1.807) is 31.2 Å². The van der Waals surface area contributed by atoms with Gasteiger partial charge in [0.15, 0.2) is 5.78 Å². The van der Waals surface area contributed by atoms with Gasteiger partial charge in [-0.3, -0.25) is 4.79 Å². The molecular formula is C13H15NO3. The minimum absolute atomic E-state index is 0.235. The summed E-state index contributed by atoms with van der Waals surface area (Å²) in [4.78, 5) is 23.1. The van der Waals surface area contributed by atoms with Crippen LogP contribution in [0.4, 0.5) is 4.79 Å². The van der Waals surface area contributed by atoms with Gasteiger partial charge in [0, 0.05) is 0 Å². The Labute approximate surface area is 100 Å². The molecule has 1 rings (SSSR count). The fourth-order valence-corrected chi connectivity index (χ4v) is 1.37. The van der Waals surface area contributed by atoms with Crippen molar-refractivity contribution in [2.75, 3.05) is 7.11 Å². The van der Waals surface area contributed by atoms with E-state index in [2.05, 4.69) is 16.6 Å². The van der Waals surface area contributed by atoms with E-state index in [9.17, 15) is 9.59 Å². The SMILES string of the molecule is C=C(C)C(=O)[C@@H](NC(=O)OC)c1ccccc1. The number of alkyl carbamates (subject to hydrolysis) is 1. The monoisotopic (exact) mass is 233 g/mol. The van der Waals surface area contributed by atoms with Crippen LogP contribution in [0.25, 0.3) is 0 Å². The number of rotatable bonds is 4. The van der Waals surface area contributed by atoms with Gasteiger partial charge in [0.25, 0.3) is 0 Å². The van der Waals surface area contributed by atoms with Crippen LogP contribution in [0.2, 0.25) is 0 Å². The summed E-state index contributed by atoms with van der Waals surface area (Å²) in [6.07, 6.45) is -0.645. The Bertz CT molecular complexity index is 426. The van der Waals surface area contributed by atoms with E-state index >= 15 is 0 Å². The van der Waals surface area contributed by atoms with Gasteiger partial charge >= 0.3 is 6.09 Å². The number of carbonyl (C=O) groups excluding carboxylic acids is 2. The highest BCUT2D eigenvalue weighted by Gasteiger charge is 2.22. The topological polar surface area (TPSA) is 55.4 Å². The second-order valence-electron chi connectivity index (χ2n) is 3.62. The second kappa shape index (κ2) is 5.84. The third-order valence-corrected chi connectivity index (χ3v) is 2.26. The average molecular weight is 233 g/mol. The van der Waals surface area contributed by atoms with E-state index in [0.29, 0.717) is 11.1 Å². The van der Waals surface area contributed by atoms with Crippen molar-refractivity contribution < 1.29 is 14.3 Å². The smallest absolute Gasteiger partial charge is 0.407 e. The minimum atomic E-state index is -0.749. The van der Waals surface area contributed by atoms with Crippen molar-refractivity contribution >= 4 is 11.9 Å². The normalized spacial score (nSPS) is 11.4. The maximum Gasteiger partial charge on any atom is 0.407 e. The fraction of sp³-hybridized carbons (Fsp3) is 0.231. The molecule has 0 fully saturated rings. The zero-order valence-electron chi connectivity index (χ0n) is 9.90. The first-order valence-electron chi connectivity index (χ1n) is 5.15. The predicted octanol–water partition coefficient (Wildman–Crippen LogP) is 2.23. The molecule has 0 aliphatic carbocycles. The lowest BCUT2D eigenvalue weighted by Gasteiger charge is -2.17. The fourth-order valence-electron chi connectivity index (χ4n) is 1.37. The first-order chi connectivity index (χ1) is 8.06. The molecule has 0 bridgehead atoms. The average Bonchev–Trinajstić information content (AvgIpc) is 2.35. The van der Waals surface area contributed by atoms with Crippen LogP contribution in [0, 0.1) is 0 Å². The summed E-state index contributed by atoms with van der Waals surface area (Å²) < 4.78 is 4.50. The lowest BCUT2D eigenvalue weighted by Crippen LogP contribution is -2.34. The molecule has 1 aromatic carbocycles. The molecule has 0 saturated heterocycles. The maximum absolute atomic E-state index is 11.9. The number of Topliss-reactive ketones (excluding diaryl/α,β-unsaturated/α-hetero) is 1.